The SMILES string of the molecule is CC(C)(C)c1cc2c(c(C(C)(C)C)c1)OCN(CCN1COc3c(cc(C(C)(C)C)cc3C(C)(C)C)C1)C2. The van der Waals surface area contributed by atoms with Crippen LogP contribution in [0.5, 0.6) is 11.5 Å². The maximum atomic E-state index is 6.44. The fourth-order valence-corrected chi connectivity index (χ4v) is 5.39. The van der Waals surface area contributed by atoms with E-state index in [0.29, 0.717) is 13.5 Å². The van der Waals surface area contributed by atoms with Crippen LogP contribution in [0.1, 0.15) is 116 Å². The fourth-order valence-electron chi connectivity index (χ4n) is 5.39. The van der Waals surface area contributed by atoms with E-state index in [9.17, 15) is 0 Å². The van der Waals surface area contributed by atoms with Gasteiger partial charge in [-0.2, -0.15) is 0 Å². The third-order valence-electron chi connectivity index (χ3n) is 7.98. The molecule has 0 unspecified atom stereocenters. The van der Waals surface area contributed by atoms with Crippen LogP contribution in [-0.2, 0) is 34.7 Å². The van der Waals surface area contributed by atoms with Gasteiger partial charge in [0.2, 0.25) is 0 Å². The number of hydrogen-bond donors (Lipinski definition) is 0. The van der Waals surface area contributed by atoms with Crippen molar-refractivity contribution >= 4 is 0 Å². The van der Waals surface area contributed by atoms with Gasteiger partial charge in [-0.15, -0.1) is 0 Å². The number of nitrogens with zero attached hydrogens (tertiary/aromatic N) is 2. The number of fused-ring (bicyclic) bond motifs is 2. The van der Waals surface area contributed by atoms with E-state index in [2.05, 4.69) is 117 Å². The molecule has 2 aliphatic rings. The van der Waals surface area contributed by atoms with Gasteiger partial charge >= 0.3 is 0 Å². The molecule has 0 fully saturated rings. The molecule has 38 heavy (non-hydrogen) atoms. The van der Waals surface area contributed by atoms with E-state index in [0.717, 1.165) is 37.7 Å². The summed E-state index contributed by atoms with van der Waals surface area (Å²) < 4.78 is 12.9. The summed E-state index contributed by atoms with van der Waals surface area (Å²) in [5, 5.41) is 0. The standard InChI is InChI=1S/C34H52N2O2/c1-31(2,3)25-15-23-19-35(21-37-29(23)27(17-25)33(7,8)9)13-14-36-20-24-16-26(32(4,5)6)18-28(34(10,11)12)30(24)38-22-36/h15-18H,13-14,19-22H2,1-12H3. The molecule has 0 saturated heterocycles. The third kappa shape index (κ3) is 6.23. The zero-order valence-electron chi connectivity index (χ0n) is 26.3. The molecule has 0 N–H and O–H groups in total. The monoisotopic (exact) mass is 520 g/mol. The highest BCUT2D eigenvalue weighted by molar-refractivity contribution is 5.51. The van der Waals surface area contributed by atoms with Gasteiger partial charge in [-0.05, 0) is 32.8 Å². The summed E-state index contributed by atoms with van der Waals surface area (Å²) in [6.07, 6.45) is 0. The quantitative estimate of drug-likeness (QED) is 0.411. The van der Waals surface area contributed by atoms with Gasteiger partial charge in [0.25, 0.3) is 0 Å². The van der Waals surface area contributed by atoms with Crippen molar-refractivity contribution < 1.29 is 9.47 Å². The van der Waals surface area contributed by atoms with Crippen molar-refractivity contribution in [3.05, 3.63) is 57.6 Å². The molecular formula is C34H52N2O2. The van der Waals surface area contributed by atoms with Crippen LogP contribution in [0.4, 0.5) is 0 Å². The van der Waals surface area contributed by atoms with Gasteiger partial charge in [0.05, 0.1) is 0 Å². The van der Waals surface area contributed by atoms with Crippen molar-refractivity contribution in [1.82, 2.24) is 9.80 Å². The average molecular weight is 521 g/mol. The Kier molecular flexibility index (Phi) is 7.51. The van der Waals surface area contributed by atoms with E-state index in [1.54, 1.807) is 0 Å². The molecule has 2 aromatic carbocycles. The molecule has 0 aromatic heterocycles. The minimum absolute atomic E-state index is 0.0455. The Balaban J connectivity index is 1.51. The third-order valence-corrected chi connectivity index (χ3v) is 7.98. The molecule has 4 rings (SSSR count). The van der Waals surface area contributed by atoms with Crippen molar-refractivity contribution in [2.45, 2.75) is 118 Å². The topological polar surface area (TPSA) is 24.9 Å². The van der Waals surface area contributed by atoms with Crippen LogP contribution >= 0.6 is 0 Å². The molecule has 210 valence electrons. The first-order chi connectivity index (χ1) is 17.3. The Hall–Kier alpha value is -2.04. The molecule has 2 aliphatic heterocycles. The molecule has 0 aliphatic carbocycles. The zero-order chi connectivity index (χ0) is 28.3. The van der Waals surface area contributed by atoms with Gasteiger partial charge in [-0.25, -0.2) is 0 Å². The normalized spacial score (nSPS) is 17.5. The highest BCUT2D eigenvalue weighted by Crippen LogP contribution is 2.42. The van der Waals surface area contributed by atoms with E-state index in [4.69, 9.17) is 9.47 Å². The summed E-state index contributed by atoms with van der Waals surface area (Å²) in [7, 11) is 0. The van der Waals surface area contributed by atoms with Gasteiger partial charge in [0.1, 0.15) is 25.0 Å². The Morgan fingerprint density at radius 1 is 0.526 bits per heavy atom. The summed E-state index contributed by atoms with van der Waals surface area (Å²) >= 11 is 0. The molecule has 4 heteroatoms. The number of hydrogen-bond acceptors (Lipinski definition) is 4. The van der Waals surface area contributed by atoms with Gasteiger partial charge in [0, 0.05) is 48.4 Å². The molecule has 4 nitrogen and oxygen atoms in total. The Morgan fingerprint density at radius 2 is 0.868 bits per heavy atom. The molecule has 0 saturated carbocycles. The zero-order valence-corrected chi connectivity index (χ0v) is 26.3. The van der Waals surface area contributed by atoms with E-state index >= 15 is 0 Å². The Morgan fingerprint density at radius 3 is 1.16 bits per heavy atom. The van der Waals surface area contributed by atoms with E-state index in [-0.39, 0.29) is 21.7 Å². The average Bonchev–Trinajstić information content (AvgIpc) is 2.78. The van der Waals surface area contributed by atoms with Crippen molar-refractivity contribution in [3.8, 4) is 11.5 Å². The minimum Gasteiger partial charge on any atom is -0.477 e. The maximum Gasteiger partial charge on any atom is 0.142 e. The molecule has 0 amide bonds. The molecule has 2 aromatic rings. The largest absolute Gasteiger partial charge is 0.477 e. The first-order valence-corrected chi connectivity index (χ1v) is 14.4. The second kappa shape index (κ2) is 9.86. The summed E-state index contributed by atoms with van der Waals surface area (Å²) in [6, 6.07) is 9.49. The molecule has 0 radical (unpaired) electrons. The first kappa shape index (κ1) is 29.0. The molecule has 2 heterocycles. The second-order valence-electron chi connectivity index (χ2n) is 15.7. The van der Waals surface area contributed by atoms with Crippen molar-refractivity contribution in [2.24, 2.45) is 0 Å². The van der Waals surface area contributed by atoms with E-state index in [1.807, 2.05) is 0 Å². The lowest BCUT2D eigenvalue weighted by Crippen LogP contribution is -2.42. The van der Waals surface area contributed by atoms with E-state index in [1.165, 1.54) is 33.4 Å². The lowest BCUT2D eigenvalue weighted by atomic mass is 9.78. The summed E-state index contributed by atoms with van der Waals surface area (Å²) in [5.74, 6) is 2.20. The molecular weight excluding hydrogens is 468 g/mol. The van der Waals surface area contributed by atoms with Crippen molar-refractivity contribution in [1.29, 1.82) is 0 Å². The van der Waals surface area contributed by atoms with Crippen LogP contribution in [-0.4, -0.2) is 36.4 Å². The maximum absolute atomic E-state index is 6.44. The molecule has 0 spiro atoms. The minimum atomic E-state index is 0.0455. The van der Waals surface area contributed by atoms with Gasteiger partial charge in [-0.3, -0.25) is 9.80 Å². The van der Waals surface area contributed by atoms with Crippen LogP contribution in [0, 0.1) is 0 Å². The van der Waals surface area contributed by atoms with E-state index < -0.39 is 0 Å². The number of benzene rings is 2. The number of rotatable bonds is 3. The smallest absolute Gasteiger partial charge is 0.142 e. The highest BCUT2D eigenvalue weighted by atomic mass is 16.5. The molecule has 0 atom stereocenters. The van der Waals surface area contributed by atoms with Crippen LogP contribution in [0.25, 0.3) is 0 Å². The van der Waals surface area contributed by atoms with Crippen LogP contribution in [0.2, 0.25) is 0 Å². The lowest BCUT2D eigenvalue weighted by Gasteiger charge is -2.37. The van der Waals surface area contributed by atoms with Gasteiger partial charge in [-0.1, -0.05) is 107 Å². The molecule has 0 bridgehead atoms. The fraction of sp³-hybridized carbons (Fsp3) is 0.647. The summed E-state index contributed by atoms with van der Waals surface area (Å²) in [5.41, 5.74) is 8.36. The number of ether oxygens (including phenoxy) is 2. The van der Waals surface area contributed by atoms with Crippen LogP contribution in [0.3, 0.4) is 0 Å². The first-order valence-electron chi connectivity index (χ1n) is 14.4. The summed E-state index contributed by atoms with van der Waals surface area (Å²) in [6.45, 7) is 32.5. The van der Waals surface area contributed by atoms with Gasteiger partial charge < -0.3 is 9.47 Å². The lowest BCUT2D eigenvalue weighted by molar-refractivity contribution is 0.0504. The Bertz CT molecular complexity index is 1080. The van der Waals surface area contributed by atoms with Gasteiger partial charge in [0.15, 0.2) is 0 Å². The van der Waals surface area contributed by atoms with Crippen LogP contribution in [0.15, 0.2) is 24.3 Å². The highest BCUT2D eigenvalue weighted by Gasteiger charge is 2.31. The summed E-state index contributed by atoms with van der Waals surface area (Å²) in [4.78, 5) is 4.87. The predicted octanol–water partition coefficient (Wildman–Crippen LogP) is 7.88. The second-order valence-corrected chi connectivity index (χ2v) is 15.7. The van der Waals surface area contributed by atoms with Crippen molar-refractivity contribution in [3.63, 3.8) is 0 Å². The predicted molar refractivity (Wildman–Crippen MR) is 159 cm³/mol. The van der Waals surface area contributed by atoms with Crippen molar-refractivity contribution in [2.75, 3.05) is 26.6 Å². The Labute approximate surface area is 232 Å². The van der Waals surface area contributed by atoms with Crippen LogP contribution < -0.4 is 9.47 Å².